The summed E-state index contributed by atoms with van der Waals surface area (Å²) in [6.45, 7) is 11.3. The van der Waals surface area contributed by atoms with Crippen molar-refractivity contribution >= 4 is 11.6 Å². The van der Waals surface area contributed by atoms with Crippen molar-refractivity contribution in [3.05, 3.63) is 16.4 Å². The van der Waals surface area contributed by atoms with Gasteiger partial charge in [-0.3, -0.25) is 4.68 Å². The third-order valence-electron chi connectivity index (χ3n) is 4.47. The van der Waals surface area contributed by atoms with Crippen LogP contribution >= 0.6 is 11.6 Å². The number of nitrogens with zero attached hydrogens (tertiary/aromatic N) is 2. The topological polar surface area (TPSA) is 29.9 Å². The number of aromatic nitrogens is 2. The molecule has 1 aromatic heterocycles. The van der Waals surface area contributed by atoms with Gasteiger partial charge in [-0.15, -0.1) is 0 Å². The minimum Gasteiger partial charge on any atom is -0.317 e. The maximum absolute atomic E-state index is 6.45. The lowest BCUT2D eigenvalue weighted by Crippen LogP contribution is -2.33. The van der Waals surface area contributed by atoms with Crippen molar-refractivity contribution in [3.8, 4) is 0 Å². The summed E-state index contributed by atoms with van der Waals surface area (Å²) in [6, 6.07) is 0.432. The first-order valence-corrected chi connectivity index (χ1v) is 7.96. The van der Waals surface area contributed by atoms with Crippen molar-refractivity contribution in [2.24, 2.45) is 18.4 Å². The Morgan fingerprint density at radius 2 is 1.95 bits per heavy atom. The molecule has 1 heterocycles. The minimum atomic E-state index is 0.333. The molecule has 0 aliphatic carbocycles. The number of rotatable bonds is 6. The SMILES string of the molecule is CCc1nn(C)c(CC(CC(C)C(C)(C)C)NC)c1Cl. The summed E-state index contributed by atoms with van der Waals surface area (Å²) in [5.74, 6) is 0.651. The summed E-state index contributed by atoms with van der Waals surface area (Å²) in [5.41, 5.74) is 2.48. The van der Waals surface area contributed by atoms with E-state index >= 15 is 0 Å². The second kappa shape index (κ2) is 6.95. The Bertz CT molecular complexity index is 432. The van der Waals surface area contributed by atoms with Gasteiger partial charge in [-0.25, -0.2) is 0 Å². The molecular weight excluding hydrogens is 270 g/mol. The van der Waals surface area contributed by atoms with Crippen LogP contribution in [0, 0.1) is 11.3 Å². The molecule has 4 heteroatoms. The second-order valence-electron chi connectivity index (χ2n) is 6.88. The Labute approximate surface area is 129 Å². The highest BCUT2D eigenvalue weighted by molar-refractivity contribution is 6.31. The van der Waals surface area contributed by atoms with Crippen LogP contribution < -0.4 is 5.32 Å². The van der Waals surface area contributed by atoms with Crippen LogP contribution in [0.5, 0.6) is 0 Å². The molecule has 0 amide bonds. The number of aryl methyl sites for hydroxylation is 2. The molecule has 0 spiro atoms. The molecule has 0 aromatic carbocycles. The van der Waals surface area contributed by atoms with Gasteiger partial charge in [-0.05, 0) is 31.2 Å². The van der Waals surface area contributed by atoms with E-state index in [1.807, 2.05) is 18.8 Å². The van der Waals surface area contributed by atoms with Crippen molar-refractivity contribution in [3.63, 3.8) is 0 Å². The van der Waals surface area contributed by atoms with Gasteiger partial charge in [-0.1, -0.05) is 46.2 Å². The Balaban J connectivity index is 2.82. The highest BCUT2D eigenvalue weighted by atomic mass is 35.5. The largest absolute Gasteiger partial charge is 0.317 e. The summed E-state index contributed by atoms with van der Waals surface area (Å²) in [5, 5.41) is 8.78. The zero-order valence-electron chi connectivity index (χ0n) is 14.0. The minimum absolute atomic E-state index is 0.333. The van der Waals surface area contributed by atoms with E-state index in [1.165, 1.54) is 0 Å². The highest BCUT2D eigenvalue weighted by Gasteiger charge is 2.24. The summed E-state index contributed by atoms with van der Waals surface area (Å²) in [6.07, 6.45) is 2.96. The third kappa shape index (κ3) is 4.23. The first-order chi connectivity index (χ1) is 9.20. The fourth-order valence-electron chi connectivity index (χ4n) is 2.36. The van der Waals surface area contributed by atoms with E-state index in [0.717, 1.165) is 35.7 Å². The standard InChI is InChI=1S/C16H30ClN3/c1-8-13-15(17)14(20(7)19-13)10-12(18-6)9-11(2)16(3,4)5/h11-12,18H,8-10H2,1-7H3. The quantitative estimate of drug-likeness (QED) is 0.865. The van der Waals surface area contributed by atoms with Gasteiger partial charge >= 0.3 is 0 Å². The summed E-state index contributed by atoms with van der Waals surface area (Å²) < 4.78 is 1.94. The van der Waals surface area contributed by atoms with E-state index in [1.54, 1.807) is 0 Å². The molecule has 116 valence electrons. The number of hydrogen-bond donors (Lipinski definition) is 1. The molecule has 1 aromatic rings. The van der Waals surface area contributed by atoms with Crippen molar-refractivity contribution in [2.45, 2.75) is 59.9 Å². The lowest BCUT2D eigenvalue weighted by Gasteiger charge is -2.30. The number of halogens is 1. The maximum atomic E-state index is 6.45. The molecule has 0 saturated carbocycles. The van der Waals surface area contributed by atoms with Crippen LogP contribution in [-0.4, -0.2) is 22.9 Å². The molecule has 0 aliphatic rings. The van der Waals surface area contributed by atoms with E-state index in [0.29, 0.717) is 17.4 Å². The average molecular weight is 300 g/mol. The first kappa shape index (κ1) is 17.5. The fraction of sp³-hybridized carbons (Fsp3) is 0.812. The molecular formula is C16H30ClN3. The van der Waals surface area contributed by atoms with Crippen LogP contribution in [0.4, 0.5) is 0 Å². The van der Waals surface area contributed by atoms with Crippen LogP contribution in [-0.2, 0) is 19.9 Å². The van der Waals surface area contributed by atoms with Crippen molar-refractivity contribution < 1.29 is 0 Å². The van der Waals surface area contributed by atoms with E-state index in [2.05, 4.69) is 45.0 Å². The monoisotopic (exact) mass is 299 g/mol. The Morgan fingerprint density at radius 1 is 1.35 bits per heavy atom. The molecule has 0 radical (unpaired) electrons. The lowest BCUT2D eigenvalue weighted by atomic mass is 9.78. The van der Waals surface area contributed by atoms with Gasteiger partial charge in [0, 0.05) is 19.5 Å². The van der Waals surface area contributed by atoms with Gasteiger partial charge in [0.15, 0.2) is 0 Å². The smallest absolute Gasteiger partial charge is 0.0850 e. The number of likely N-dealkylation sites (N-methyl/N-ethyl adjacent to an activating group) is 1. The van der Waals surface area contributed by atoms with Gasteiger partial charge in [0.05, 0.1) is 16.4 Å². The maximum Gasteiger partial charge on any atom is 0.0850 e. The summed E-state index contributed by atoms with van der Waals surface area (Å²) in [4.78, 5) is 0. The molecule has 0 saturated heterocycles. The van der Waals surface area contributed by atoms with Gasteiger partial charge in [-0.2, -0.15) is 5.10 Å². The lowest BCUT2D eigenvalue weighted by molar-refractivity contribution is 0.224. The van der Waals surface area contributed by atoms with Crippen LogP contribution in [0.1, 0.15) is 52.4 Å². The predicted octanol–water partition coefficient (Wildman–Crippen LogP) is 3.84. The zero-order valence-corrected chi connectivity index (χ0v) is 14.8. The van der Waals surface area contributed by atoms with Crippen LogP contribution in [0.3, 0.4) is 0 Å². The van der Waals surface area contributed by atoms with Gasteiger partial charge in [0.2, 0.25) is 0 Å². The van der Waals surface area contributed by atoms with Crippen molar-refractivity contribution in [2.75, 3.05) is 7.05 Å². The van der Waals surface area contributed by atoms with E-state index < -0.39 is 0 Å². The van der Waals surface area contributed by atoms with E-state index in [4.69, 9.17) is 11.6 Å². The molecule has 1 N–H and O–H groups in total. The summed E-state index contributed by atoms with van der Waals surface area (Å²) >= 11 is 6.45. The second-order valence-corrected chi connectivity index (χ2v) is 7.25. The van der Waals surface area contributed by atoms with Gasteiger partial charge in [0.25, 0.3) is 0 Å². The molecule has 20 heavy (non-hydrogen) atoms. The number of hydrogen-bond acceptors (Lipinski definition) is 2. The Morgan fingerprint density at radius 3 is 2.35 bits per heavy atom. The third-order valence-corrected chi connectivity index (χ3v) is 4.90. The van der Waals surface area contributed by atoms with Crippen LogP contribution in [0.15, 0.2) is 0 Å². The van der Waals surface area contributed by atoms with Gasteiger partial charge < -0.3 is 5.32 Å². The van der Waals surface area contributed by atoms with Crippen molar-refractivity contribution in [1.29, 1.82) is 0 Å². The normalized spacial score (nSPS) is 15.4. The molecule has 3 nitrogen and oxygen atoms in total. The van der Waals surface area contributed by atoms with E-state index in [9.17, 15) is 0 Å². The molecule has 0 bridgehead atoms. The zero-order chi connectivity index (χ0) is 15.5. The molecule has 2 atom stereocenters. The first-order valence-electron chi connectivity index (χ1n) is 7.58. The van der Waals surface area contributed by atoms with Crippen molar-refractivity contribution in [1.82, 2.24) is 15.1 Å². The molecule has 2 unspecified atom stereocenters. The van der Waals surface area contributed by atoms with Crippen LogP contribution in [0.2, 0.25) is 5.02 Å². The molecule has 0 aliphatic heterocycles. The van der Waals surface area contributed by atoms with Crippen LogP contribution in [0.25, 0.3) is 0 Å². The Kier molecular flexibility index (Phi) is 6.08. The molecule has 0 fully saturated rings. The highest BCUT2D eigenvalue weighted by Crippen LogP contribution is 2.30. The summed E-state index contributed by atoms with van der Waals surface area (Å²) in [7, 11) is 4.02. The predicted molar refractivity (Wildman–Crippen MR) is 87.4 cm³/mol. The Hall–Kier alpha value is -0.540. The van der Waals surface area contributed by atoms with E-state index in [-0.39, 0.29) is 0 Å². The van der Waals surface area contributed by atoms with Gasteiger partial charge in [0.1, 0.15) is 0 Å². The number of nitrogens with one attached hydrogen (secondary N) is 1. The average Bonchev–Trinajstić information content (AvgIpc) is 2.63. The molecule has 1 rings (SSSR count). The fourth-order valence-corrected chi connectivity index (χ4v) is 2.73.